The number of carboxylic acids is 1. The van der Waals surface area contributed by atoms with Crippen LogP contribution in [0.1, 0.15) is 29.9 Å². The lowest BCUT2D eigenvalue weighted by atomic mass is 10.0. The Morgan fingerprint density at radius 3 is 2.41 bits per heavy atom. The Hall–Kier alpha value is -2.63. The highest BCUT2D eigenvalue weighted by molar-refractivity contribution is 5.97. The van der Waals surface area contributed by atoms with E-state index in [1.54, 1.807) is 25.5 Å². The third kappa shape index (κ3) is 3.16. The molecule has 0 spiro atoms. The quantitative estimate of drug-likeness (QED) is 0.885. The fraction of sp³-hybridized carbons (Fsp3) is 0.312. The van der Waals surface area contributed by atoms with Gasteiger partial charge in [-0.3, -0.25) is 4.79 Å². The zero-order valence-electron chi connectivity index (χ0n) is 12.8. The summed E-state index contributed by atoms with van der Waals surface area (Å²) in [6, 6.07) is 8.51. The van der Waals surface area contributed by atoms with Crippen LogP contribution in [0.5, 0.6) is 0 Å². The molecule has 2 aromatic rings. The molecule has 0 radical (unpaired) electrons. The summed E-state index contributed by atoms with van der Waals surface area (Å²) in [5.74, 6) is -1.68. The van der Waals surface area contributed by atoms with E-state index in [0.29, 0.717) is 11.3 Å². The molecule has 0 fully saturated rings. The number of amides is 1. The van der Waals surface area contributed by atoms with Crippen molar-refractivity contribution in [2.75, 3.05) is 0 Å². The normalized spacial score (nSPS) is 12.2. The van der Waals surface area contributed by atoms with E-state index in [1.807, 2.05) is 30.3 Å². The number of carbonyl (C=O) groups excluding carboxylic acids is 1. The van der Waals surface area contributed by atoms with Crippen LogP contribution in [-0.4, -0.2) is 32.8 Å². The number of nitrogens with zero attached hydrogens (tertiary/aromatic N) is 2. The Kier molecular flexibility index (Phi) is 4.60. The number of rotatable bonds is 5. The molecule has 1 aromatic heterocycles. The molecule has 0 aliphatic rings. The summed E-state index contributed by atoms with van der Waals surface area (Å²) in [5.41, 5.74) is 1.88. The van der Waals surface area contributed by atoms with Crippen LogP contribution in [0.2, 0.25) is 0 Å². The van der Waals surface area contributed by atoms with Gasteiger partial charge in [0, 0.05) is 0 Å². The number of aromatic nitrogens is 2. The van der Waals surface area contributed by atoms with Crippen molar-refractivity contribution >= 4 is 11.9 Å². The second kappa shape index (κ2) is 6.43. The maximum absolute atomic E-state index is 12.3. The van der Waals surface area contributed by atoms with Crippen molar-refractivity contribution in [2.24, 2.45) is 5.92 Å². The zero-order chi connectivity index (χ0) is 16.3. The number of aliphatic carboxylic acids is 1. The molecule has 0 unspecified atom stereocenters. The van der Waals surface area contributed by atoms with Gasteiger partial charge in [0.2, 0.25) is 0 Å². The lowest BCUT2D eigenvalue weighted by molar-refractivity contribution is -0.140. The van der Waals surface area contributed by atoms with Crippen molar-refractivity contribution in [1.29, 1.82) is 0 Å². The average molecular weight is 301 g/mol. The van der Waals surface area contributed by atoms with E-state index in [9.17, 15) is 9.59 Å². The van der Waals surface area contributed by atoms with Gasteiger partial charge in [0.15, 0.2) is 0 Å². The molecular formula is C16H19N3O3. The SMILES string of the molecule is Cc1c(C(=O)N[C@@H](C(=O)O)C(C)C)cnn1-c1ccccc1. The molecule has 0 saturated carbocycles. The zero-order valence-corrected chi connectivity index (χ0v) is 12.8. The fourth-order valence-corrected chi connectivity index (χ4v) is 2.19. The first-order valence-corrected chi connectivity index (χ1v) is 7.05. The van der Waals surface area contributed by atoms with Crippen molar-refractivity contribution < 1.29 is 14.7 Å². The lowest BCUT2D eigenvalue weighted by Gasteiger charge is -2.17. The molecule has 2 N–H and O–H groups in total. The van der Waals surface area contributed by atoms with Gasteiger partial charge in [0.1, 0.15) is 6.04 Å². The van der Waals surface area contributed by atoms with Crippen molar-refractivity contribution in [3.63, 3.8) is 0 Å². The second-order valence-corrected chi connectivity index (χ2v) is 5.42. The van der Waals surface area contributed by atoms with Gasteiger partial charge in [-0.05, 0) is 25.0 Å². The summed E-state index contributed by atoms with van der Waals surface area (Å²) in [4.78, 5) is 23.5. The molecule has 116 valence electrons. The number of hydrogen-bond donors (Lipinski definition) is 2. The van der Waals surface area contributed by atoms with E-state index in [2.05, 4.69) is 10.4 Å². The van der Waals surface area contributed by atoms with Crippen LogP contribution in [0.4, 0.5) is 0 Å². The van der Waals surface area contributed by atoms with Crippen LogP contribution >= 0.6 is 0 Å². The number of nitrogens with one attached hydrogen (secondary N) is 1. The molecule has 0 saturated heterocycles. The average Bonchev–Trinajstić information content (AvgIpc) is 2.86. The van der Waals surface area contributed by atoms with Crippen molar-refractivity contribution in [1.82, 2.24) is 15.1 Å². The first-order chi connectivity index (χ1) is 10.4. The highest BCUT2D eigenvalue weighted by atomic mass is 16.4. The number of carbonyl (C=O) groups is 2. The molecule has 0 bridgehead atoms. The molecule has 2 rings (SSSR count). The van der Waals surface area contributed by atoms with Crippen LogP contribution in [0.15, 0.2) is 36.5 Å². The van der Waals surface area contributed by atoms with E-state index < -0.39 is 17.9 Å². The minimum atomic E-state index is -1.04. The summed E-state index contributed by atoms with van der Waals surface area (Å²) in [6.45, 7) is 5.28. The smallest absolute Gasteiger partial charge is 0.326 e. The predicted octanol–water partition coefficient (Wildman–Crippen LogP) is 2.02. The summed E-state index contributed by atoms with van der Waals surface area (Å²) in [5, 5.41) is 15.9. The van der Waals surface area contributed by atoms with Crippen LogP contribution < -0.4 is 5.32 Å². The topological polar surface area (TPSA) is 84.2 Å². The van der Waals surface area contributed by atoms with Gasteiger partial charge in [-0.15, -0.1) is 0 Å². The van der Waals surface area contributed by atoms with Gasteiger partial charge < -0.3 is 10.4 Å². The van der Waals surface area contributed by atoms with Crippen LogP contribution in [-0.2, 0) is 4.79 Å². The van der Waals surface area contributed by atoms with Gasteiger partial charge in [0.05, 0.1) is 23.1 Å². The van der Waals surface area contributed by atoms with E-state index in [1.165, 1.54) is 6.20 Å². The van der Waals surface area contributed by atoms with Gasteiger partial charge in [-0.25, -0.2) is 9.48 Å². The Labute approximate surface area is 128 Å². The highest BCUT2D eigenvalue weighted by Gasteiger charge is 2.25. The summed E-state index contributed by atoms with van der Waals surface area (Å²) >= 11 is 0. The molecule has 6 nitrogen and oxygen atoms in total. The van der Waals surface area contributed by atoms with E-state index in [-0.39, 0.29) is 5.92 Å². The van der Waals surface area contributed by atoms with E-state index in [0.717, 1.165) is 5.69 Å². The standard InChI is InChI=1S/C16H19N3O3/c1-10(2)14(16(21)22)18-15(20)13-9-17-19(11(13)3)12-7-5-4-6-8-12/h4-10,14H,1-3H3,(H,18,20)(H,21,22)/t14-/m1/s1. The number of benzene rings is 1. The molecule has 1 amide bonds. The minimum absolute atomic E-state index is 0.203. The first kappa shape index (κ1) is 15.8. The van der Waals surface area contributed by atoms with Gasteiger partial charge in [0.25, 0.3) is 5.91 Å². The fourth-order valence-electron chi connectivity index (χ4n) is 2.19. The minimum Gasteiger partial charge on any atom is -0.480 e. The molecule has 0 aliphatic carbocycles. The largest absolute Gasteiger partial charge is 0.480 e. The van der Waals surface area contributed by atoms with Crippen molar-refractivity contribution in [2.45, 2.75) is 26.8 Å². The molecule has 1 heterocycles. The number of carboxylic acid groups (broad SMARTS) is 1. The molecule has 1 atom stereocenters. The van der Waals surface area contributed by atoms with Crippen molar-refractivity contribution in [3.05, 3.63) is 47.8 Å². The van der Waals surface area contributed by atoms with Crippen LogP contribution in [0, 0.1) is 12.8 Å². The third-order valence-corrected chi connectivity index (χ3v) is 3.47. The van der Waals surface area contributed by atoms with Gasteiger partial charge in [-0.2, -0.15) is 5.10 Å². The van der Waals surface area contributed by atoms with Gasteiger partial charge in [-0.1, -0.05) is 32.0 Å². The number of hydrogen-bond acceptors (Lipinski definition) is 3. The maximum atomic E-state index is 12.3. The Morgan fingerprint density at radius 1 is 1.23 bits per heavy atom. The second-order valence-electron chi connectivity index (χ2n) is 5.42. The highest BCUT2D eigenvalue weighted by Crippen LogP contribution is 2.14. The van der Waals surface area contributed by atoms with E-state index >= 15 is 0 Å². The Balaban J connectivity index is 2.25. The summed E-state index contributed by atoms with van der Waals surface area (Å²) < 4.78 is 1.65. The molecule has 22 heavy (non-hydrogen) atoms. The van der Waals surface area contributed by atoms with Gasteiger partial charge >= 0.3 is 5.97 Å². The van der Waals surface area contributed by atoms with Crippen LogP contribution in [0.3, 0.4) is 0 Å². The predicted molar refractivity (Wildman–Crippen MR) is 82.0 cm³/mol. The first-order valence-electron chi connectivity index (χ1n) is 7.05. The third-order valence-electron chi connectivity index (χ3n) is 3.47. The summed E-state index contributed by atoms with van der Waals surface area (Å²) in [7, 11) is 0. The Morgan fingerprint density at radius 2 is 1.86 bits per heavy atom. The number of para-hydroxylation sites is 1. The van der Waals surface area contributed by atoms with E-state index in [4.69, 9.17) is 5.11 Å². The molecule has 6 heteroatoms. The molecular weight excluding hydrogens is 282 g/mol. The lowest BCUT2D eigenvalue weighted by Crippen LogP contribution is -2.44. The monoisotopic (exact) mass is 301 g/mol. The molecule has 1 aromatic carbocycles. The van der Waals surface area contributed by atoms with Crippen LogP contribution in [0.25, 0.3) is 5.69 Å². The molecule has 0 aliphatic heterocycles. The van der Waals surface area contributed by atoms with Crippen molar-refractivity contribution in [3.8, 4) is 5.69 Å². The Bertz CT molecular complexity index is 677. The maximum Gasteiger partial charge on any atom is 0.326 e. The summed E-state index contributed by atoms with van der Waals surface area (Å²) in [6.07, 6.45) is 1.46.